The first-order chi connectivity index (χ1) is 16.9. The molecule has 0 unspecified atom stereocenters. The zero-order valence-electron chi connectivity index (χ0n) is 19.5. The van der Waals surface area contributed by atoms with E-state index in [2.05, 4.69) is 20.3 Å². The van der Waals surface area contributed by atoms with Crippen molar-refractivity contribution in [3.05, 3.63) is 64.4 Å². The molecule has 2 aromatic heterocycles. The number of hydrogen-bond acceptors (Lipinski definition) is 7. The predicted molar refractivity (Wildman–Crippen MR) is 130 cm³/mol. The van der Waals surface area contributed by atoms with E-state index in [1.54, 1.807) is 25.1 Å². The molecule has 0 saturated carbocycles. The lowest BCUT2D eigenvalue weighted by Gasteiger charge is -2.28. The second-order valence-electron chi connectivity index (χ2n) is 7.83. The number of aryl methyl sites for hydroxylation is 1. The van der Waals surface area contributed by atoms with Gasteiger partial charge >= 0.3 is 6.03 Å². The minimum atomic E-state index is -0.500. The Morgan fingerprint density at radius 1 is 1.14 bits per heavy atom. The van der Waals surface area contributed by atoms with Gasteiger partial charge < -0.3 is 9.47 Å². The fourth-order valence-corrected chi connectivity index (χ4v) is 3.83. The third-order valence-corrected chi connectivity index (χ3v) is 5.69. The maximum atomic E-state index is 14.8. The zero-order chi connectivity index (χ0) is 24.9. The summed E-state index contributed by atoms with van der Waals surface area (Å²) in [6.07, 6.45) is 8.47. The van der Waals surface area contributed by atoms with Crippen molar-refractivity contribution in [1.29, 1.82) is 0 Å². The van der Waals surface area contributed by atoms with Crippen LogP contribution in [0.3, 0.4) is 0 Å². The van der Waals surface area contributed by atoms with Gasteiger partial charge in [0.1, 0.15) is 17.3 Å². The lowest BCUT2D eigenvalue weighted by Crippen LogP contribution is -2.39. The number of pyridine rings is 1. The van der Waals surface area contributed by atoms with Crippen LogP contribution in [0.25, 0.3) is 12.2 Å². The molecule has 180 valence electrons. The van der Waals surface area contributed by atoms with Crippen molar-refractivity contribution >= 4 is 36.2 Å². The summed E-state index contributed by atoms with van der Waals surface area (Å²) in [5.74, 6) is 0.655. The van der Waals surface area contributed by atoms with Crippen molar-refractivity contribution in [2.24, 2.45) is 0 Å². The van der Waals surface area contributed by atoms with E-state index in [-0.39, 0.29) is 17.4 Å². The van der Waals surface area contributed by atoms with E-state index < -0.39 is 11.8 Å². The van der Waals surface area contributed by atoms with Crippen LogP contribution in [-0.2, 0) is 6.42 Å². The first kappa shape index (κ1) is 23.8. The van der Waals surface area contributed by atoms with Gasteiger partial charge in [-0.2, -0.15) is 0 Å². The maximum absolute atomic E-state index is 14.8. The molecule has 10 heteroatoms. The Kier molecular flexibility index (Phi) is 7.00. The smallest absolute Gasteiger partial charge is 0.329 e. The van der Waals surface area contributed by atoms with Crippen LogP contribution in [0, 0.1) is 12.7 Å². The molecule has 0 fully saturated rings. The molecule has 0 aliphatic carbocycles. The number of carbonyl (C=O) groups is 2. The molecule has 3 aromatic rings. The second kappa shape index (κ2) is 10.3. The number of hydrogen-bond donors (Lipinski definition) is 1. The van der Waals surface area contributed by atoms with Crippen molar-refractivity contribution < 1.29 is 23.5 Å². The van der Waals surface area contributed by atoms with Gasteiger partial charge in [-0.3, -0.25) is 15.0 Å². The highest BCUT2D eigenvalue weighted by atomic mass is 19.1. The number of aldehydes is 1. The summed E-state index contributed by atoms with van der Waals surface area (Å²) in [6, 6.07) is 4.51. The summed E-state index contributed by atoms with van der Waals surface area (Å²) in [6.45, 7) is 2.21. The molecular formula is C25H24FN5O4. The van der Waals surface area contributed by atoms with E-state index in [1.807, 2.05) is 6.07 Å². The summed E-state index contributed by atoms with van der Waals surface area (Å²) >= 11 is 0. The molecule has 0 saturated heterocycles. The number of nitrogens with zero attached hydrogens (tertiary/aromatic N) is 4. The van der Waals surface area contributed by atoms with Crippen LogP contribution < -0.4 is 19.7 Å². The average Bonchev–Trinajstić information content (AvgIpc) is 2.89. The standard InChI is InChI=1S/C25H24FN5O4/c1-15-19(22(26)21(35-3)11-20(15)34-2)9-6-16-12-27-24(28-13-16)30-25(33)31-10-4-5-17-7-8-18(14-32)29-23(17)31/h6-9,11-14H,4-5,10H2,1-3H3,(H,27,28,30,33)/b9-6+. The number of methoxy groups -OCH3 is 2. The number of benzene rings is 1. The van der Waals surface area contributed by atoms with Crippen LogP contribution in [0.2, 0.25) is 0 Å². The van der Waals surface area contributed by atoms with Crippen LogP contribution in [0.4, 0.5) is 21.0 Å². The number of anilines is 2. The number of nitrogens with one attached hydrogen (secondary N) is 1. The van der Waals surface area contributed by atoms with Crippen molar-refractivity contribution in [2.45, 2.75) is 19.8 Å². The Labute approximate surface area is 201 Å². The molecule has 1 aliphatic rings. The minimum Gasteiger partial charge on any atom is -0.496 e. The lowest BCUT2D eigenvalue weighted by atomic mass is 10.0. The molecule has 4 rings (SSSR count). The first-order valence-corrected chi connectivity index (χ1v) is 10.9. The van der Waals surface area contributed by atoms with Crippen LogP contribution in [0.5, 0.6) is 11.5 Å². The summed E-state index contributed by atoms with van der Waals surface area (Å²) in [5, 5.41) is 2.66. The molecule has 1 aliphatic heterocycles. The van der Waals surface area contributed by atoms with Crippen molar-refractivity contribution in [2.75, 3.05) is 31.0 Å². The topological polar surface area (TPSA) is 107 Å². The van der Waals surface area contributed by atoms with E-state index in [4.69, 9.17) is 9.47 Å². The molecule has 1 aromatic carbocycles. The Hall–Kier alpha value is -4.34. The second-order valence-corrected chi connectivity index (χ2v) is 7.83. The average molecular weight is 477 g/mol. The summed E-state index contributed by atoms with van der Waals surface area (Å²) < 4.78 is 25.1. The number of aromatic nitrogens is 3. The van der Waals surface area contributed by atoms with E-state index in [9.17, 15) is 14.0 Å². The van der Waals surface area contributed by atoms with Crippen LogP contribution in [0.15, 0.2) is 30.6 Å². The molecule has 0 radical (unpaired) electrons. The Morgan fingerprint density at radius 3 is 2.57 bits per heavy atom. The van der Waals surface area contributed by atoms with E-state index in [0.717, 1.165) is 18.4 Å². The van der Waals surface area contributed by atoms with Gasteiger partial charge in [-0.05, 0) is 31.4 Å². The van der Waals surface area contributed by atoms with Gasteiger partial charge in [-0.25, -0.2) is 24.1 Å². The SMILES string of the molecule is COc1cc(OC)c(F)c(/C=C/c2cnc(NC(=O)N3CCCc4ccc(C=O)nc43)nc2)c1C. The highest BCUT2D eigenvalue weighted by molar-refractivity contribution is 6.01. The molecule has 2 amide bonds. The summed E-state index contributed by atoms with van der Waals surface area (Å²) in [4.78, 5) is 38.1. The molecular weight excluding hydrogens is 453 g/mol. The van der Waals surface area contributed by atoms with Gasteiger partial charge in [0.05, 0.1) is 14.2 Å². The molecule has 35 heavy (non-hydrogen) atoms. The number of rotatable bonds is 6. The highest BCUT2D eigenvalue weighted by Gasteiger charge is 2.25. The van der Waals surface area contributed by atoms with Crippen LogP contribution >= 0.6 is 0 Å². The molecule has 0 bridgehead atoms. The summed E-state index contributed by atoms with van der Waals surface area (Å²) in [5.41, 5.74) is 2.71. The Balaban J connectivity index is 1.50. The van der Waals surface area contributed by atoms with Gasteiger partial charge in [0.15, 0.2) is 17.9 Å². The third-order valence-electron chi connectivity index (χ3n) is 5.69. The molecule has 3 heterocycles. The Bertz CT molecular complexity index is 1270. The van der Waals surface area contributed by atoms with Crippen molar-refractivity contribution in [1.82, 2.24) is 15.0 Å². The molecule has 9 nitrogen and oxygen atoms in total. The van der Waals surface area contributed by atoms with Crippen molar-refractivity contribution in [3.63, 3.8) is 0 Å². The number of urea groups is 1. The minimum absolute atomic E-state index is 0.0791. The van der Waals surface area contributed by atoms with Gasteiger partial charge in [-0.1, -0.05) is 18.2 Å². The van der Waals surface area contributed by atoms with E-state index in [0.29, 0.717) is 41.1 Å². The van der Waals surface area contributed by atoms with Crippen LogP contribution in [0.1, 0.15) is 39.2 Å². The van der Waals surface area contributed by atoms with Crippen LogP contribution in [-0.4, -0.2) is 48.0 Å². The largest absolute Gasteiger partial charge is 0.496 e. The zero-order valence-corrected chi connectivity index (χ0v) is 19.5. The number of fused-ring (bicyclic) bond motifs is 1. The third kappa shape index (κ3) is 4.96. The quantitative estimate of drug-likeness (QED) is 0.528. The number of amides is 2. The normalized spacial score (nSPS) is 12.9. The van der Waals surface area contributed by atoms with E-state index in [1.165, 1.54) is 37.6 Å². The monoisotopic (exact) mass is 477 g/mol. The fraction of sp³-hybridized carbons (Fsp3) is 0.240. The van der Waals surface area contributed by atoms with Crippen molar-refractivity contribution in [3.8, 4) is 11.5 Å². The lowest BCUT2D eigenvalue weighted by molar-refractivity contribution is 0.111. The number of halogens is 1. The fourth-order valence-electron chi connectivity index (χ4n) is 3.83. The number of ether oxygens (including phenoxy) is 2. The predicted octanol–water partition coefficient (Wildman–Crippen LogP) is 4.30. The Morgan fingerprint density at radius 2 is 1.89 bits per heavy atom. The summed E-state index contributed by atoms with van der Waals surface area (Å²) in [7, 11) is 2.90. The van der Waals surface area contributed by atoms with Gasteiger partial charge in [-0.15, -0.1) is 0 Å². The molecule has 0 spiro atoms. The van der Waals surface area contributed by atoms with E-state index >= 15 is 0 Å². The molecule has 1 N–H and O–H groups in total. The first-order valence-electron chi connectivity index (χ1n) is 10.9. The molecule has 0 atom stereocenters. The van der Waals surface area contributed by atoms with Gasteiger partial charge in [0.2, 0.25) is 5.95 Å². The van der Waals surface area contributed by atoms with Gasteiger partial charge in [0.25, 0.3) is 0 Å². The highest BCUT2D eigenvalue weighted by Crippen LogP contribution is 2.33. The maximum Gasteiger partial charge on any atom is 0.329 e. The van der Waals surface area contributed by atoms with Gasteiger partial charge in [0, 0.05) is 41.7 Å². The number of carbonyl (C=O) groups excluding carboxylic acids is 2.